The second-order valence-corrected chi connectivity index (χ2v) is 8.37. The van der Waals surface area contributed by atoms with E-state index in [4.69, 9.17) is 0 Å². The molecule has 77 valence electrons. The molecular weight excluding hydrogens is 263 g/mol. The maximum absolute atomic E-state index is 11.1. The molecule has 14 heavy (non-hydrogen) atoms. The molecule has 0 N–H and O–H groups in total. The molecular formula is C10H13O2SSe. The molecule has 0 aromatic heterocycles. The Hall–Kier alpha value is -0.311. The molecule has 1 rings (SSSR count). The SMILES string of the molecule is CC(C)(C)c1ccc(S(=O)(=O)[Se])cc1. The molecule has 2 nitrogen and oxygen atoms in total. The van der Waals surface area contributed by atoms with Crippen molar-refractivity contribution in [3.8, 4) is 0 Å². The van der Waals surface area contributed by atoms with Crippen LogP contribution in [-0.2, 0) is 13.7 Å². The molecule has 0 fully saturated rings. The number of hydrogen-bond acceptors (Lipinski definition) is 2. The van der Waals surface area contributed by atoms with Gasteiger partial charge in [-0.05, 0) is 0 Å². The third kappa shape index (κ3) is 2.84. The van der Waals surface area contributed by atoms with Crippen LogP contribution in [0.4, 0.5) is 0 Å². The molecule has 0 unspecified atom stereocenters. The van der Waals surface area contributed by atoms with Crippen molar-refractivity contribution in [2.45, 2.75) is 31.1 Å². The molecule has 0 saturated heterocycles. The van der Waals surface area contributed by atoms with E-state index in [0.717, 1.165) is 5.56 Å². The topological polar surface area (TPSA) is 34.1 Å². The summed E-state index contributed by atoms with van der Waals surface area (Å²) in [4.78, 5) is 0.325. The van der Waals surface area contributed by atoms with E-state index in [1.807, 2.05) is 12.1 Å². The molecule has 0 aliphatic carbocycles. The summed E-state index contributed by atoms with van der Waals surface area (Å²) in [6, 6.07) is 6.97. The summed E-state index contributed by atoms with van der Waals surface area (Å²) in [5, 5.41) is 0. The Morgan fingerprint density at radius 1 is 1.07 bits per heavy atom. The van der Waals surface area contributed by atoms with E-state index in [2.05, 4.69) is 35.7 Å². The van der Waals surface area contributed by atoms with Gasteiger partial charge >= 0.3 is 92.5 Å². The van der Waals surface area contributed by atoms with Crippen molar-refractivity contribution in [3.05, 3.63) is 29.8 Å². The van der Waals surface area contributed by atoms with Crippen molar-refractivity contribution in [1.29, 1.82) is 0 Å². The molecule has 0 spiro atoms. The Bertz CT molecular complexity index is 412. The predicted octanol–water partition coefficient (Wildman–Crippen LogP) is 1.84. The van der Waals surface area contributed by atoms with Crippen molar-refractivity contribution in [1.82, 2.24) is 0 Å². The van der Waals surface area contributed by atoms with Crippen molar-refractivity contribution in [2.24, 2.45) is 0 Å². The second-order valence-electron chi connectivity index (χ2n) is 4.23. The van der Waals surface area contributed by atoms with Gasteiger partial charge in [0.15, 0.2) is 0 Å². The van der Waals surface area contributed by atoms with Crippen LogP contribution in [0.2, 0.25) is 0 Å². The van der Waals surface area contributed by atoms with Gasteiger partial charge in [-0.15, -0.1) is 0 Å². The van der Waals surface area contributed by atoms with Crippen molar-refractivity contribution >= 4 is 23.1 Å². The average molecular weight is 276 g/mol. The molecule has 0 saturated carbocycles. The Morgan fingerprint density at radius 2 is 1.50 bits per heavy atom. The van der Waals surface area contributed by atoms with Gasteiger partial charge in [-0.1, -0.05) is 0 Å². The molecule has 0 atom stereocenters. The van der Waals surface area contributed by atoms with E-state index in [1.54, 1.807) is 12.1 Å². The molecule has 0 bridgehead atoms. The van der Waals surface area contributed by atoms with Crippen LogP contribution in [-0.4, -0.2) is 23.3 Å². The van der Waals surface area contributed by atoms with E-state index >= 15 is 0 Å². The zero-order chi connectivity index (χ0) is 11.0. The van der Waals surface area contributed by atoms with Gasteiger partial charge in [0.05, 0.1) is 0 Å². The van der Waals surface area contributed by atoms with E-state index in [1.165, 1.54) is 0 Å². The fraction of sp³-hybridized carbons (Fsp3) is 0.400. The molecule has 0 aliphatic heterocycles. The zero-order valence-electron chi connectivity index (χ0n) is 8.44. The molecule has 1 aromatic carbocycles. The van der Waals surface area contributed by atoms with Crippen molar-refractivity contribution < 1.29 is 8.42 Å². The molecule has 0 aliphatic rings. The Balaban J connectivity index is 3.14. The fourth-order valence-corrected chi connectivity index (χ4v) is 2.29. The monoisotopic (exact) mass is 277 g/mol. The average Bonchev–Trinajstić information content (AvgIpc) is 2.01. The van der Waals surface area contributed by atoms with E-state index < -0.39 is 8.26 Å². The zero-order valence-corrected chi connectivity index (χ0v) is 11.0. The number of rotatable bonds is 1. The van der Waals surface area contributed by atoms with Crippen LogP contribution in [0.5, 0.6) is 0 Å². The van der Waals surface area contributed by atoms with Gasteiger partial charge in [-0.2, -0.15) is 0 Å². The fourth-order valence-electron chi connectivity index (χ4n) is 1.12. The summed E-state index contributed by atoms with van der Waals surface area (Å²) in [5.41, 5.74) is 1.18. The van der Waals surface area contributed by atoms with E-state index in [-0.39, 0.29) is 5.41 Å². The first-order valence-corrected chi connectivity index (χ1v) is 7.78. The van der Waals surface area contributed by atoms with Gasteiger partial charge in [-0.25, -0.2) is 0 Å². The molecule has 0 amide bonds. The maximum atomic E-state index is 11.1. The van der Waals surface area contributed by atoms with Gasteiger partial charge in [0.2, 0.25) is 0 Å². The van der Waals surface area contributed by atoms with Crippen molar-refractivity contribution in [3.63, 3.8) is 0 Å². The Labute approximate surface area is 92.5 Å². The summed E-state index contributed by atoms with van der Waals surface area (Å²) < 4.78 is 22.3. The number of hydrogen-bond donors (Lipinski definition) is 0. The Morgan fingerprint density at radius 3 is 1.79 bits per heavy atom. The van der Waals surface area contributed by atoms with Gasteiger partial charge in [-0.3, -0.25) is 0 Å². The minimum atomic E-state index is -3.19. The van der Waals surface area contributed by atoms with Gasteiger partial charge in [0, 0.05) is 0 Å². The van der Waals surface area contributed by atoms with Gasteiger partial charge < -0.3 is 0 Å². The number of benzene rings is 1. The van der Waals surface area contributed by atoms with Crippen LogP contribution in [0.25, 0.3) is 0 Å². The summed E-state index contributed by atoms with van der Waals surface area (Å²) in [6.07, 6.45) is 0. The molecule has 1 aromatic rings. The molecule has 4 heteroatoms. The van der Waals surface area contributed by atoms with Gasteiger partial charge in [0.25, 0.3) is 0 Å². The normalized spacial score (nSPS) is 12.9. The molecule has 1 radical (unpaired) electrons. The second kappa shape index (κ2) is 3.69. The van der Waals surface area contributed by atoms with Crippen LogP contribution < -0.4 is 0 Å². The summed E-state index contributed by atoms with van der Waals surface area (Å²) >= 11 is 2.16. The third-order valence-corrected chi connectivity index (χ3v) is 4.07. The first kappa shape index (κ1) is 11.8. The predicted molar refractivity (Wildman–Crippen MR) is 58.1 cm³/mol. The van der Waals surface area contributed by atoms with Crippen LogP contribution >= 0.6 is 0 Å². The minimum absolute atomic E-state index is 0.0553. The standard InChI is InChI=1S/C10H13O2SSe/c1-10(2,3)8-4-6-9(7-5-8)13(11,12)14/h4-7H,1-3H3. The van der Waals surface area contributed by atoms with Crippen LogP contribution in [0.3, 0.4) is 0 Å². The quantitative estimate of drug-likeness (QED) is 0.733. The van der Waals surface area contributed by atoms with E-state index in [9.17, 15) is 8.42 Å². The van der Waals surface area contributed by atoms with Crippen LogP contribution in [0, 0.1) is 0 Å². The van der Waals surface area contributed by atoms with Crippen LogP contribution in [0.1, 0.15) is 26.3 Å². The first-order valence-electron chi connectivity index (χ1n) is 4.28. The third-order valence-electron chi connectivity index (χ3n) is 2.01. The summed E-state index contributed by atoms with van der Waals surface area (Å²) in [5.74, 6) is 0. The van der Waals surface area contributed by atoms with Crippen LogP contribution in [0.15, 0.2) is 29.2 Å². The molecule has 0 heterocycles. The van der Waals surface area contributed by atoms with Crippen molar-refractivity contribution in [2.75, 3.05) is 0 Å². The first-order chi connectivity index (χ1) is 6.21. The summed E-state index contributed by atoms with van der Waals surface area (Å²) in [6.45, 7) is 6.28. The Kier molecular flexibility index (Phi) is 3.10. The van der Waals surface area contributed by atoms with Gasteiger partial charge in [0.1, 0.15) is 0 Å². The van der Waals surface area contributed by atoms with E-state index in [0.29, 0.717) is 4.90 Å². The summed E-state index contributed by atoms with van der Waals surface area (Å²) in [7, 11) is -3.19.